The van der Waals surface area contributed by atoms with Crippen molar-refractivity contribution >= 4 is 21.4 Å². The average Bonchev–Trinajstić information content (AvgIpc) is 2.90. The molecule has 0 amide bonds. The Hall–Kier alpha value is -0.900. The van der Waals surface area contributed by atoms with E-state index < -0.39 is 0 Å². The molecule has 0 aliphatic carbocycles. The highest BCUT2D eigenvalue weighted by Gasteiger charge is 2.19. The predicted octanol–water partition coefficient (Wildman–Crippen LogP) is 4.04. The van der Waals surface area contributed by atoms with Gasteiger partial charge >= 0.3 is 0 Å². The zero-order valence-electron chi connectivity index (χ0n) is 12.4. The van der Waals surface area contributed by atoms with Gasteiger partial charge in [0.25, 0.3) is 0 Å². The number of nitrogens with one attached hydrogen (secondary N) is 1. The van der Waals surface area contributed by atoms with Crippen LogP contribution in [0.3, 0.4) is 0 Å². The van der Waals surface area contributed by atoms with Gasteiger partial charge in [-0.3, -0.25) is 0 Å². The van der Waals surface area contributed by atoms with E-state index in [0.717, 1.165) is 6.54 Å². The summed E-state index contributed by atoms with van der Waals surface area (Å²) in [4.78, 5) is 3.96. The lowest BCUT2D eigenvalue weighted by molar-refractivity contribution is 0.179. The van der Waals surface area contributed by atoms with Crippen LogP contribution in [-0.4, -0.2) is 31.1 Å². The van der Waals surface area contributed by atoms with Gasteiger partial charge in [-0.2, -0.15) is 0 Å². The van der Waals surface area contributed by atoms with E-state index in [1.807, 2.05) is 11.3 Å². The quantitative estimate of drug-likeness (QED) is 0.913. The van der Waals surface area contributed by atoms with Gasteiger partial charge < -0.3 is 10.2 Å². The van der Waals surface area contributed by atoms with Crippen molar-refractivity contribution < 1.29 is 0 Å². The summed E-state index contributed by atoms with van der Waals surface area (Å²) in [6, 6.07) is 12.2. The first-order valence-electron chi connectivity index (χ1n) is 7.66. The van der Waals surface area contributed by atoms with E-state index in [0.29, 0.717) is 12.1 Å². The lowest BCUT2D eigenvalue weighted by atomic mass is 10.0. The molecule has 0 radical (unpaired) electrons. The summed E-state index contributed by atoms with van der Waals surface area (Å²) in [6.07, 6.45) is 4.08. The topological polar surface area (TPSA) is 15.3 Å². The van der Waals surface area contributed by atoms with Crippen molar-refractivity contribution in [2.75, 3.05) is 20.1 Å². The van der Waals surface area contributed by atoms with E-state index in [9.17, 15) is 0 Å². The van der Waals surface area contributed by atoms with Crippen LogP contribution in [-0.2, 0) is 0 Å². The number of likely N-dealkylation sites (N-methyl/N-ethyl adjacent to an activating group) is 1. The third-order valence-electron chi connectivity index (χ3n) is 4.45. The number of piperidine rings is 1. The molecule has 2 atom stereocenters. The number of rotatable bonds is 4. The standard InChI is InChI=1S/C17H24N2S/c1-13(18-12-15-8-5-6-10-19(15)2)17-11-14-7-3-4-9-16(14)20-17/h3-4,7,9,11,13,15,18H,5-6,8,10,12H2,1-2H3. The molecule has 0 saturated carbocycles. The second-order valence-corrected chi connectivity index (χ2v) is 7.06. The number of fused-ring (bicyclic) bond motifs is 1. The van der Waals surface area contributed by atoms with Crippen molar-refractivity contribution in [2.24, 2.45) is 0 Å². The van der Waals surface area contributed by atoms with Crippen LogP contribution in [0.5, 0.6) is 0 Å². The Bertz CT molecular complexity index is 530. The molecule has 1 fully saturated rings. The zero-order valence-corrected chi connectivity index (χ0v) is 13.2. The lowest BCUT2D eigenvalue weighted by Crippen LogP contribution is -2.43. The average molecular weight is 288 g/mol. The number of hydrogen-bond donors (Lipinski definition) is 1. The molecule has 3 heteroatoms. The zero-order chi connectivity index (χ0) is 13.9. The van der Waals surface area contributed by atoms with Crippen molar-refractivity contribution in [3.63, 3.8) is 0 Å². The molecule has 2 nitrogen and oxygen atoms in total. The summed E-state index contributed by atoms with van der Waals surface area (Å²) in [6.45, 7) is 4.64. The number of hydrogen-bond acceptors (Lipinski definition) is 3. The number of benzene rings is 1. The molecule has 1 aromatic carbocycles. The minimum atomic E-state index is 0.447. The van der Waals surface area contributed by atoms with Gasteiger partial charge in [-0.15, -0.1) is 11.3 Å². The maximum atomic E-state index is 3.73. The molecule has 20 heavy (non-hydrogen) atoms. The molecule has 1 aliphatic rings. The van der Waals surface area contributed by atoms with Crippen molar-refractivity contribution in [2.45, 2.75) is 38.3 Å². The van der Waals surface area contributed by atoms with Gasteiger partial charge in [0, 0.05) is 28.2 Å². The fourth-order valence-corrected chi connectivity index (χ4v) is 4.12. The van der Waals surface area contributed by atoms with E-state index in [1.165, 1.54) is 40.8 Å². The highest BCUT2D eigenvalue weighted by atomic mass is 32.1. The third-order valence-corrected chi connectivity index (χ3v) is 5.75. The van der Waals surface area contributed by atoms with Gasteiger partial charge in [0.05, 0.1) is 0 Å². The summed E-state index contributed by atoms with van der Waals surface area (Å²) in [7, 11) is 2.26. The third kappa shape index (κ3) is 3.05. The van der Waals surface area contributed by atoms with Crippen LogP contribution < -0.4 is 5.32 Å². The van der Waals surface area contributed by atoms with Gasteiger partial charge in [-0.05, 0) is 50.9 Å². The van der Waals surface area contributed by atoms with Crippen LogP contribution in [0.2, 0.25) is 0 Å². The van der Waals surface area contributed by atoms with Crippen molar-refractivity contribution in [3.8, 4) is 0 Å². The van der Waals surface area contributed by atoms with E-state index in [1.54, 1.807) is 0 Å². The maximum absolute atomic E-state index is 3.73. The minimum absolute atomic E-state index is 0.447. The first-order chi connectivity index (χ1) is 9.74. The highest BCUT2D eigenvalue weighted by Crippen LogP contribution is 2.29. The molecule has 3 rings (SSSR count). The molecule has 2 aromatic rings. The maximum Gasteiger partial charge on any atom is 0.0387 e. The number of nitrogens with zero attached hydrogens (tertiary/aromatic N) is 1. The summed E-state index contributed by atoms with van der Waals surface area (Å²) in [5, 5.41) is 5.10. The molecule has 0 spiro atoms. The van der Waals surface area contributed by atoms with E-state index in [4.69, 9.17) is 0 Å². The monoisotopic (exact) mass is 288 g/mol. The smallest absolute Gasteiger partial charge is 0.0387 e. The summed E-state index contributed by atoms with van der Waals surface area (Å²) < 4.78 is 1.39. The van der Waals surface area contributed by atoms with Crippen LogP contribution >= 0.6 is 11.3 Å². The second-order valence-electron chi connectivity index (χ2n) is 5.95. The highest BCUT2D eigenvalue weighted by molar-refractivity contribution is 7.19. The van der Waals surface area contributed by atoms with Crippen LogP contribution in [0, 0.1) is 0 Å². The Morgan fingerprint density at radius 2 is 2.20 bits per heavy atom. The fourth-order valence-electron chi connectivity index (χ4n) is 3.03. The van der Waals surface area contributed by atoms with Crippen LogP contribution in [0.4, 0.5) is 0 Å². The summed E-state index contributed by atoms with van der Waals surface area (Å²) >= 11 is 1.92. The second kappa shape index (κ2) is 6.25. The summed E-state index contributed by atoms with van der Waals surface area (Å²) in [5.41, 5.74) is 0. The van der Waals surface area contributed by atoms with Crippen molar-refractivity contribution in [1.82, 2.24) is 10.2 Å². The van der Waals surface area contributed by atoms with Gasteiger partial charge in [-0.25, -0.2) is 0 Å². The molecular formula is C17H24N2S. The Morgan fingerprint density at radius 3 is 3.00 bits per heavy atom. The Balaban J connectivity index is 1.62. The molecule has 2 heterocycles. The Morgan fingerprint density at radius 1 is 1.35 bits per heavy atom. The lowest BCUT2D eigenvalue weighted by Gasteiger charge is -2.33. The molecule has 1 aromatic heterocycles. The number of thiophene rings is 1. The largest absolute Gasteiger partial charge is 0.308 e. The van der Waals surface area contributed by atoms with Crippen molar-refractivity contribution in [1.29, 1.82) is 0 Å². The predicted molar refractivity (Wildman–Crippen MR) is 88.5 cm³/mol. The van der Waals surface area contributed by atoms with Crippen molar-refractivity contribution in [3.05, 3.63) is 35.2 Å². The van der Waals surface area contributed by atoms with Crippen LogP contribution in [0.15, 0.2) is 30.3 Å². The van der Waals surface area contributed by atoms with Gasteiger partial charge in [0.1, 0.15) is 0 Å². The molecule has 2 unspecified atom stereocenters. The fraction of sp³-hybridized carbons (Fsp3) is 0.529. The Labute approximate surface area is 125 Å². The molecule has 0 bridgehead atoms. The first kappa shape index (κ1) is 14.1. The van der Waals surface area contributed by atoms with Gasteiger partial charge in [0.15, 0.2) is 0 Å². The van der Waals surface area contributed by atoms with E-state index in [2.05, 4.69) is 54.5 Å². The van der Waals surface area contributed by atoms with E-state index in [-0.39, 0.29) is 0 Å². The number of likely N-dealkylation sites (tertiary alicyclic amines) is 1. The molecule has 108 valence electrons. The molecule has 1 aliphatic heterocycles. The summed E-state index contributed by atoms with van der Waals surface area (Å²) in [5.74, 6) is 0. The van der Waals surface area contributed by atoms with E-state index >= 15 is 0 Å². The first-order valence-corrected chi connectivity index (χ1v) is 8.48. The minimum Gasteiger partial charge on any atom is -0.308 e. The van der Waals surface area contributed by atoms with Crippen LogP contribution in [0.1, 0.15) is 37.1 Å². The normalized spacial score (nSPS) is 22.2. The molecular weight excluding hydrogens is 264 g/mol. The molecule has 1 saturated heterocycles. The van der Waals surface area contributed by atoms with Gasteiger partial charge in [-0.1, -0.05) is 24.6 Å². The van der Waals surface area contributed by atoms with Gasteiger partial charge in [0.2, 0.25) is 0 Å². The SMILES string of the molecule is CC(NCC1CCCCN1C)c1cc2ccccc2s1. The molecule has 1 N–H and O–H groups in total. The van der Waals surface area contributed by atoms with Crippen LogP contribution in [0.25, 0.3) is 10.1 Å². The Kier molecular flexibility index (Phi) is 4.39.